The molecule has 446 valence electrons. The number of hydrogen-bond acceptors (Lipinski definition) is 6. The Morgan fingerprint density at radius 2 is 0.474 bits per heavy atom. The summed E-state index contributed by atoms with van der Waals surface area (Å²) in [5.74, 6) is -0.838. The van der Waals surface area contributed by atoms with Crippen molar-refractivity contribution in [1.29, 1.82) is 0 Å². The molecule has 0 bridgehead atoms. The van der Waals surface area contributed by atoms with Crippen molar-refractivity contribution in [1.82, 2.24) is 0 Å². The molecule has 0 aromatic carbocycles. The molecule has 1 unspecified atom stereocenters. The average molecular weight is 1070 g/mol. The smallest absolute Gasteiger partial charge is 0.306 e. The maximum Gasteiger partial charge on any atom is 0.306 e. The quantitative estimate of drug-likeness (QED) is 0.0261. The van der Waals surface area contributed by atoms with Crippen LogP contribution in [0.5, 0.6) is 0 Å². The van der Waals surface area contributed by atoms with Crippen LogP contribution in [0.4, 0.5) is 0 Å². The molecule has 0 saturated carbocycles. The Kier molecular flexibility index (Phi) is 63.1. The van der Waals surface area contributed by atoms with E-state index in [9.17, 15) is 14.4 Å². The van der Waals surface area contributed by atoms with Gasteiger partial charge in [0.05, 0.1) is 0 Å². The van der Waals surface area contributed by atoms with Gasteiger partial charge in [0.1, 0.15) is 13.2 Å². The Balaban J connectivity index is 4.12. The topological polar surface area (TPSA) is 78.9 Å². The van der Waals surface area contributed by atoms with Crippen LogP contribution in [-0.4, -0.2) is 37.2 Å². The summed E-state index contributed by atoms with van der Waals surface area (Å²) < 4.78 is 16.9. The maximum atomic E-state index is 12.9. The molecule has 0 aromatic rings. The first-order chi connectivity index (χ1) is 37.5. The van der Waals surface area contributed by atoms with Crippen LogP contribution in [0.25, 0.3) is 0 Å². The van der Waals surface area contributed by atoms with Crippen molar-refractivity contribution >= 4 is 17.9 Å². The molecule has 0 rings (SSSR count). The summed E-state index contributed by atoms with van der Waals surface area (Å²) in [6, 6.07) is 0. The predicted molar refractivity (Wildman–Crippen MR) is 330 cm³/mol. The monoisotopic (exact) mass is 1070 g/mol. The van der Waals surface area contributed by atoms with Crippen LogP contribution in [-0.2, 0) is 28.6 Å². The molecule has 0 N–H and O–H groups in total. The van der Waals surface area contributed by atoms with Crippen LogP contribution in [0, 0.1) is 0 Å². The van der Waals surface area contributed by atoms with Crippen molar-refractivity contribution < 1.29 is 28.6 Å². The molecule has 0 amide bonds. The molecule has 6 nitrogen and oxygen atoms in total. The summed E-state index contributed by atoms with van der Waals surface area (Å²) in [4.78, 5) is 38.3. The summed E-state index contributed by atoms with van der Waals surface area (Å²) in [6.45, 7) is 6.69. The van der Waals surface area contributed by atoms with Gasteiger partial charge in [-0.1, -0.05) is 333 Å². The van der Waals surface area contributed by atoms with Crippen LogP contribution < -0.4 is 0 Å². The normalized spacial score (nSPS) is 12.2. The minimum absolute atomic E-state index is 0.0649. The summed E-state index contributed by atoms with van der Waals surface area (Å²) >= 11 is 0. The lowest BCUT2D eigenvalue weighted by atomic mass is 10.0. The van der Waals surface area contributed by atoms with Gasteiger partial charge in [-0.15, -0.1) is 0 Å². The second-order valence-electron chi connectivity index (χ2n) is 23.1. The lowest BCUT2D eigenvalue weighted by molar-refractivity contribution is -0.167. The van der Waals surface area contributed by atoms with Crippen molar-refractivity contribution in [2.24, 2.45) is 0 Å². The van der Waals surface area contributed by atoms with E-state index in [1.807, 2.05) is 0 Å². The zero-order chi connectivity index (χ0) is 55.0. The van der Waals surface area contributed by atoms with E-state index in [1.54, 1.807) is 0 Å². The Labute approximate surface area is 474 Å². The van der Waals surface area contributed by atoms with Crippen molar-refractivity contribution in [3.05, 3.63) is 36.5 Å². The third-order valence-corrected chi connectivity index (χ3v) is 15.4. The van der Waals surface area contributed by atoms with Gasteiger partial charge < -0.3 is 14.2 Å². The van der Waals surface area contributed by atoms with Crippen molar-refractivity contribution in [2.45, 2.75) is 380 Å². The van der Waals surface area contributed by atoms with E-state index in [2.05, 4.69) is 57.2 Å². The Bertz CT molecular complexity index is 1270. The molecule has 6 heteroatoms. The van der Waals surface area contributed by atoms with Gasteiger partial charge in [-0.05, 0) is 57.8 Å². The molecule has 0 aliphatic rings. The second kappa shape index (κ2) is 65.2. The first-order valence-corrected chi connectivity index (χ1v) is 34.0. The molecular weight excluding hydrogens is 937 g/mol. The van der Waals surface area contributed by atoms with E-state index in [-0.39, 0.29) is 31.1 Å². The summed E-state index contributed by atoms with van der Waals surface area (Å²) in [6.07, 6.45) is 80.3. The highest BCUT2D eigenvalue weighted by molar-refractivity contribution is 5.71. The minimum atomic E-state index is -0.766. The van der Waals surface area contributed by atoms with Gasteiger partial charge in [0.25, 0.3) is 0 Å². The van der Waals surface area contributed by atoms with Crippen LogP contribution in [0.1, 0.15) is 374 Å². The van der Waals surface area contributed by atoms with Gasteiger partial charge in [-0.2, -0.15) is 0 Å². The number of allylic oxidation sites excluding steroid dienone is 6. The molecule has 0 fully saturated rings. The minimum Gasteiger partial charge on any atom is -0.462 e. The van der Waals surface area contributed by atoms with Gasteiger partial charge in [-0.25, -0.2) is 0 Å². The number of carbonyl (C=O) groups is 3. The summed E-state index contributed by atoms with van der Waals surface area (Å²) in [5.41, 5.74) is 0. The fraction of sp³-hybridized carbons (Fsp3) is 0.871. The number of esters is 3. The molecule has 0 radical (unpaired) electrons. The first kappa shape index (κ1) is 73.6. The highest BCUT2D eigenvalue weighted by Gasteiger charge is 2.19. The van der Waals surface area contributed by atoms with Crippen LogP contribution in [0.3, 0.4) is 0 Å². The fourth-order valence-electron chi connectivity index (χ4n) is 10.3. The average Bonchev–Trinajstić information content (AvgIpc) is 3.42. The number of ether oxygens (including phenoxy) is 3. The molecule has 0 aliphatic heterocycles. The van der Waals surface area contributed by atoms with Crippen LogP contribution in [0.2, 0.25) is 0 Å². The second-order valence-corrected chi connectivity index (χ2v) is 23.1. The third-order valence-electron chi connectivity index (χ3n) is 15.4. The van der Waals surface area contributed by atoms with E-state index in [4.69, 9.17) is 14.2 Å². The third kappa shape index (κ3) is 62.5. The standard InChI is InChI=1S/C70H130O6/c1-4-7-10-13-16-19-22-25-27-28-29-30-31-32-33-34-35-36-37-38-39-40-41-42-43-46-48-51-54-57-60-63-69(72)75-66-67(65-74-68(71)62-59-56-53-50-47-44-24-21-18-15-12-9-6-3)76-70(73)64-61-58-55-52-49-45-26-23-20-17-14-11-8-5-2/h22,25,28-29,31-32,67H,4-21,23-24,26-27,30,33-66H2,1-3H3/b25-22-,29-28-,32-31-. The number of hydrogen-bond donors (Lipinski definition) is 0. The first-order valence-electron chi connectivity index (χ1n) is 34.0. The lowest BCUT2D eigenvalue weighted by Gasteiger charge is -2.18. The SMILES string of the molecule is CCCCCCC/C=C\C/C=C\C/C=C\CCCCCCCCCCCCCCCCCCC(=O)OCC(COC(=O)CCCCCCCCCCCCCCC)OC(=O)CCCCCCCCCCCCCCCC. The molecule has 0 aromatic heterocycles. The predicted octanol–water partition coefficient (Wildman–Crippen LogP) is 23.2. The maximum absolute atomic E-state index is 12.9. The molecule has 0 spiro atoms. The van der Waals surface area contributed by atoms with Gasteiger partial charge in [0.15, 0.2) is 6.10 Å². The van der Waals surface area contributed by atoms with E-state index < -0.39 is 6.10 Å². The number of rotatable bonds is 63. The van der Waals surface area contributed by atoms with Crippen molar-refractivity contribution in [3.63, 3.8) is 0 Å². The zero-order valence-corrected chi connectivity index (χ0v) is 51.3. The Morgan fingerprint density at radius 3 is 0.737 bits per heavy atom. The molecule has 0 saturated heterocycles. The van der Waals surface area contributed by atoms with Crippen LogP contribution in [0.15, 0.2) is 36.5 Å². The molecule has 0 aliphatic carbocycles. The van der Waals surface area contributed by atoms with E-state index in [1.165, 1.54) is 263 Å². The lowest BCUT2D eigenvalue weighted by Crippen LogP contribution is -2.30. The summed E-state index contributed by atoms with van der Waals surface area (Å²) in [5, 5.41) is 0. The number of unbranched alkanes of at least 4 members (excludes halogenated alkanes) is 46. The summed E-state index contributed by atoms with van der Waals surface area (Å²) in [7, 11) is 0. The highest BCUT2D eigenvalue weighted by Crippen LogP contribution is 2.18. The molecule has 0 heterocycles. The number of carbonyl (C=O) groups excluding carboxylic acids is 3. The molecule has 1 atom stereocenters. The molecular formula is C70H130O6. The Hall–Kier alpha value is -2.37. The molecule has 76 heavy (non-hydrogen) atoms. The van der Waals surface area contributed by atoms with Crippen molar-refractivity contribution in [2.75, 3.05) is 13.2 Å². The van der Waals surface area contributed by atoms with Crippen molar-refractivity contribution in [3.8, 4) is 0 Å². The van der Waals surface area contributed by atoms with Gasteiger partial charge in [-0.3, -0.25) is 14.4 Å². The van der Waals surface area contributed by atoms with E-state index in [0.717, 1.165) is 70.6 Å². The van der Waals surface area contributed by atoms with Gasteiger partial charge in [0.2, 0.25) is 0 Å². The van der Waals surface area contributed by atoms with E-state index >= 15 is 0 Å². The van der Waals surface area contributed by atoms with Crippen LogP contribution >= 0.6 is 0 Å². The fourth-order valence-corrected chi connectivity index (χ4v) is 10.3. The zero-order valence-electron chi connectivity index (χ0n) is 51.3. The largest absolute Gasteiger partial charge is 0.462 e. The van der Waals surface area contributed by atoms with Gasteiger partial charge >= 0.3 is 17.9 Å². The Morgan fingerprint density at radius 1 is 0.263 bits per heavy atom. The van der Waals surface area contributed by atoms with Gasteiger partial charge in [0, 0.05) is 19.3 Å². The van der Waals surface area contributed by atoms with E-state index in [0.29, 0.717) is 19.3 Å². The highest BCUT2D eigenvalue weighted by atomic mass is 16.6.